The molecule has 1 unspecified atom stereocenters. The topological polar surface area (TPSA) is 45.6 Å². The van der Waals surface area contributed by atoms with Gasteiger partial charge in [0.15, 0.2) is 5.96 Å². The lowest BCUT2D eigenvalue weighted by Crippen LogP contribution is -2.39. The minimum atomic E-state index is 0. The maximum Gasteiger partial charge on any atom is 0.191 e. The zero-order chi connectivity index (χ0) is 16.4. The molecule has 0 spiro atoms. The van der Waals surface area contributed by atoms with E-state index in [-0.39, 0.29) is 30.1 Å². The summed E-state index contributed by atoms with van der Waals surface area (Å²) in [6.07, 6.45) is 1.23. The molecule has 0 saturated heterocycles. The molecule has 132 valence electrons. The van der Waals surface area contributed by atoms with Gasteiger partial charge in [-0.05, 0) is 30.9 Å². The molecule has 6 heteroatoms. The van der Waals surface area contributed by atoms with E-state index in [0.29, 0.717) is 12.5 Å². The molecule has 4 nitrogen and oxygen atoms in total. The van der Waals surface area contributed by atoms with Gasteiger partial charge in [0.05, 0.1) is 6.10 Å². The van der Waals surface area contributed by atoms with Crippen LogP contribution in [0, 0.1) is 5.92 Å². The third-order valence-corrected chi connectivity index (χ3v) is 3.84. The summed E-state index contributed by atoms with van der Waals surface area (Å²) in [6, 6.07) is 7.81. The van der Waals surface area contributed by atoms with Crippen LogP contribution in [0.4, 0.5) is 0 Å². The van der Waals surface area contributed by atoms with Crippen molar-refractivity contribution in [1.82, 2.24) is 10.6 Å². The van der Waals surface area contributed by atoms with Crippen LogP contribution in [0.2, 0.25) is 5.02 Å². The van der Waals surface area contributed by atoms with Gasteiger partial charge in [-0.3, -0.25) is 4.99 Å². The Morgan fingerprint density at radius 2 is 1.96 bits per heavy atom. The van der Waals surface area contributed by atoms with Crippen LogP contribution >= 0.6 is 35.6 Å². The average Bonchev–Trinajstić information content (AvgIpc) is 2.50. The molecule has 0 aliphatic heterocycles. The number of guanidine groups is 1. The number of nitrogens with zero attached hydrogens (tertiary/aromatic N) is 1. The molecule has 0 radical (unpaired) electrons. The van der Waals surface area contributed by atoms with Gasteiger partial charge in [0.25, 0.3) is 0 Å². The van der Waals surface area contributed by atoms with Crippen molar-refractivity contribution in [2.75, 3.05) is 20.2 Å². The van der Waals surface area contributed by atoms with Crippen molar-refractivity contribution in [2.24, 2.45) is 10.9 Å². The summed E-state index contributed by atoms with van der Waals surface area (Å²) in [5, 5.41) is 7.36. The smallest absolute Gasteiger partial charge is 0.191 e. The molecule has 0 bridgehead atoms. The van der Waals surface area contributed by atoms with Crippen molar-refractivity contribution in [1.29, 1.82) is 0 Å². The maximum absolute atomic E-state index is 6.15. The lowest BCUT2D eigenvalue weighted by Gasteiger charge is -2.21. The van der Waals surface area contributed by atoms with E-state index in [2.05, 4.69) is 29.5 Å². The Hall–Kier alpha value is -0.530. The van der Waals surface area contributed by atoms with Crippen molar-refractivity contribution in [3.8, 4) is 0 Å². The van der Waals surface area contributed by atoms with Gasteiger partial charge < -0.3 is 15.4 Å². The van der Waals surface area contributed by atoms with Gasteiger partial charge in [-0.1, -0.05) is 43.6 Å². The summed E-state index contributed by atoms with van der Waals surface area (Å²) in [5.74, 6) is 1.29. The Morgan fingerprint density at radius 1 is 1.26 bits per heavy atom. The number of halogens is 2. The molecule has 0 amide bonds. The van der Waals surface area contributed by atoms with E-state index in [1.807, 2.05) is 31.2 Å². The highest BCUT2D eigenvalue weighted by molar-refractivity contribution is 14.0. The quantitative estimate of drug-likeness (QED) is 0.354. The van der Waals surface area contributed by atoms with E-state index in [1.54, 1.807) is 7.05 Å². The molecular weight excluding hydrogens is 425 g/mol. The predicted octanol–water partition coefficient (Wildman–Crippen LogP) is 4.07. The summed E-state index contributed by atoms with van der Waals surface area (Å²) < 4.78 is 5.75. The normalized spacial score (nSPS) is 12.7. The van der Waals surface area contributed by atoms with Crippen LogP contribution in [0.3, 0.4) is 0 Å². The minimum Gasteiger partial charge on any atom is -0.378 e. The monoisotopic (exact) mass is 453 g/mol. The first-order chi connectivity index (χ1) is 10.6. The van der Waals surface area contributed by atoms with Crippen LogP contribution < -0.4 is 10.6 Å². The van der Waals surface area contributed by atoms with E-state index >= 15 is 0 Å². The average molecular weight is 454 g/mol. The van der Waals surface area contributed by atoms with E-state index in [0.717, 1.165) is 36.1 Å². The fraction of sp³-hybridized carbons (Fsp3) is 0.588. The number of ether oxygens (including phenoxy) is 1. The largest absolute Gasteiger partial charge is 0.378 e. The van der Waals surface area contributed by atoms with Crippen LogP contribution in [-0.2, 0) is 11.3 Å². The highest BCUT2D eigenvalue weighted by atomic mass is 127. The molecular formula is C17H29ClIN3O. The number of nitrogens with one attached hydrogen (secondary N) is 2. The number of aliphatic imine (C=N–C) groups is 1. The predicted molar refractivity (Wildman–Crippen MR) is 110 cm³/mol. The SMILES string of the molecule is CCOC(CCNC(=NC)NCc1ccccc1Cl)C(C)C.I. The highest BCUT2D eigenvalue weighted by Crippen LogP contribution is 2.14. The first-order valence-electron chi connectivity index (χ1n) is 7.88. The Bertz CT molecular complexity index is 469. The molecule has 0 saturated carbocycles. The zero-order valence-electron chi connectivity index (χ0n) is 14.4. The summed E-state index contributed by atoms with van der Waals surface area (Å²) in [7, 11) is 1.77. The second-order valence-electron chi connectivity index (χ2n) is 5.47. The lowest BCUT2D eigenvalue weighted by molar-refractivity contribution is 0.0258. The number of hydrogen-bond donors (Lipinski definition) is 2. The van der Waals surface area contributed by atoms with Gasteiger partial charge in [0, 0.05) is 31.8 Å². The number of rotatable bonds is 8. The number of hydrogen-bond acceptors (Lipinski definition) is 2. The molecule has 0 heterocycles. The van der Waals surface area contributed by atoms with Crippen LogP contribution in [0.1, 0.15) is 32.8 Å². The Kier molecular flexibility index (Phi) is 12.5. The minimum absolute atomic E-state index is 0. The van der Waals surface area contributed by atoms with Crippen LogP contribution in [-0.4, -0.2) is 32.3 Å². The molecule has 2 N–H and O–H groups in total. The van der Waals surface area contributed by atoms with Crippen LogP contribution in [0.5, 0.6) is 0 Å². The van der Waals surface area contributed by atoms with Crippen molar-refractivity contribution in [2.45, 2.75) is 39.8 Å². The second-order valence-corrected chi connectivity index (χ2v) is 5.88. The zero-order valence-corrected chi connectivity index (χ0v) is 17.5. The fourth-order valence-electron chi connectivity index (χ4n) is 2.20. The third kappa shape index (κ3) is 8.77. The summed E-state index contributed by atoms with van der Waals surface area (Å²) in [5.41, 5.74) is 1.06. The van der Waals surface area contributed by atoms with Crippen molar-refractivity contribution in [3.63, 3.8) is 0 Å². The van der Waals surface area contributed by atoms with Crippen LogP contribution in [0.25, 0.3) is 0 Å². The van der Waals surface area contributed by atoms with E-state index in [9.17, 15) is 0 Å². The molecule has 0 aliphatic rings. The van der Waals surface area contributed by atoms with Gasteiger partial charge in [0.1, 0.15) is 0 Å². The van der Waals surface area contributed by atoms with E-state index < -0.39 is 0 Å². The standard InChI is InChI=1S/C17H28ClN3O.HI/c1-5-22-16(13(2)3)10-11-20-17(19-4)21-12-14-8-6-7-9-15(14)18;/h6-9,13,16H,5,10-12H2,1-4H3,(H2,19,20,21);1H. The van der Waals surface area contributed by atoms with Gasteiger partial charge in [-0.25, -0.2) is 0 Å². The Labute approximate surface area is 162 Å². The Morgan fingerprint density at radius 3 is 2.52 bits per heavy atom. The fourth-order valence-corrected chi connectivity index (χ4v) is 2.40. The molecule has 1 rings (SSSR count). The molecule has 0 fully saturated rings. The van der Waals surface area contributed by atoms with Gasteiger partial charge in [0.2, 0.25) is 0 Å². The second kappa shape index (κ2) is 12.8. The molecule has 1 aromatic rings. The Balaban J connectivity index is 0.00000484. The summed E-state index contributed by atoms with van der Waals surface area (Å²) in [6.45, 7) is 8.63. The molecule has 0 aromatic heterocycles. The molecule has 23 heavy (non-hydrogen) atoms. The van der Waals surface area contributed by atoms with Gasteiger partial charge in [-0.2, -0.15) is 0 Å². The van der Waals surface area contributed by atoms with Gasteiger partial charge >= 0.3 is 0 Å². The van der Waals surface area contributed by atoms with E-state index in [4.69, 9.17) is 16.3 Å². The van der Waals surface area contributed by atoms with Crippen molar-refractivity contribution in [3.05, 3.63) is 34.9 Å². The number of benzene rings is 1. The van der Waals surface area contributed by atoms with Crippen molar-refractivity contribution >= 4 is 41.5 Å². The molecule has 0 aliphatic carbocycles. The van der Waals surface area contributed by atoms with Crippen molar-refractivity contribution < 1.29 is 4.74 Å². The molecule has 1 atom stereocenters. The summed E-state index contributed by atoms with van der Waals surface area (Å²) >= 11 is 6.15. The highest BCUT2D eigenvalue weighted by Gasteiger charge is 2.13. The first-order valence-corrected chi connectivity index (χ1v) is 8.25. The van der Waals surface area contributed by atoms with Crippen LogP contribution in [0.15, 0.2) is 29.3 Å². The third-order valence-electron chi connectivity index (χ3n) is 3.47. The lowest BCUT2D eigenvalue weighted by atomic mass is 10.0. The molecule has 1 aromatic carbocycles. The van der Waals surface area contributed by atoms with E-state index in [1.165, 1.54) is 0 Å². The van der Waals surface area contributed by atoms with Gasteiger partial charge in [-0.15, -0.1) is 24.0 Å². The first kappa shape index (κ1) is 22.5. The maximum atomic E-state index is 6.15. The summed E-state index contributed by atoms with van der Waals surface area (Å²) in [4.78, 5) is 4.23.